The summed E-state index contributed by atoms with van der Waals surface area (Å²) < 4.78 is 4.69. The quantitative estimate of drug-likeness (QED) is 0.290. The second kappa shape index (κ2) is 6.24. The van der Waals surface area contributed by atoms with Crippen LogP contribution in [0.5, 0.6) is 0 Å². The molecule has 0 aromatic carbocycles. The Hall–Kier alpha value is -1.30. The number of rotatable bonds is 5. The van der Waals surface area contributed by atoms with Gasteiger partial charge in [-0.05, 0) is 0 Å². The van der Waals surface area contributed by atoms with Gasteiger partial charge in [0.15, 0.2) is 0 Å². The Labute approximate surface area is 75.9 Å². The summed E-state index contributed by atoms with van der Waals surface area (Å²) in [5.41, 5.74) is 4.59. The van der Waals surface area contributed by atoms with E-state index in [4.69, 9.17) is 0 Å². The van der Waals surface area contributed by atoms with E-state index in [2.05, 4.69) is 20.2 Å². The third-order valence-corrected chi connectivity index (χ3v) is 1.02. The molecular formula is C7H13NO5. The lowest BCUT2D eigenvalue weighted by Gasteiger charge is -2.05. The lowest BCUT2D eigenvalue weighted by molar-refractivity contribution is -0.242. The van der Waals surface area contributed by atoms with E-state index in [1.165, 1.54) is 0 Å². The Bertz CT molecular complexity index is 180. The van der Waals surface area contributed by atoms with E-state index in [-0.39, 0.29) is 25.1 Å². The summed E-state index contributed by atoms with van der Waals surface area (Å²) >= 11 is 0. The van der Waals surface area contributed by atoms with Gasteiger partial charge in [0.2, 0.25) is 0 Å². The highest BCUT2D eigenvalue weighted by atomic mass is 17.2. The third kappa shape index (κ3) is 7.07. The van der Waals surface area contributed by atoms with E-state index in [1.54, 1.807) is 13.8 Å². The predicted octanol–water partition coefficient (Wildman–Crippen LogP) is 0.213. The lowest BCUT2D eigenvalue weighted by Crippen LogP contribution is -2.18. The molecule has 13 heavy (non-hydrogen) atoms. The van der Waals surface area contributed by atoms with Gasteiger partial charge in [-0.15, -0.1) is 0 Å². The summed E-state index contributed by atoms with van der Waals surface area (Å²) in [6.45, 7) is 3.43. The summed E-state index contributed by atoms with van der Waals surface area (Å²) in [5, 5.41) is 0. The first-order chi connectivity index (χ1) is 6.04. The van der Waals surface area contributed by atoms with Crippen LogP contribution in [0.1, 0.15) is 13.8 Å². The van der Waals surface area contributed by atoms with Crippen molar-refractivity contribution in [3.8, 4) is 0 Å². The highest BCUT2D eigenvalue weighted by Crippen LogP contribution is 1.95. The lowest BCUT2D eigenvalue weighted by atomic mass is 10.2. The van der Waals surface area contributed by atoms with Gasteiger partial charge < -0.3 is 10.5 Å². The predicted molar refractivity (Wildman–Crippen MR) is 42.4 cm³/mol. The molecule has 0 bridgehead atoms. The minimum absolute atomic E-state index is 0.0264. The average molecular weight is 191 g/mol. The van der Waals surface area contributed by atoms with Crippen LogP contribution in [0.2, 0.25) is 0 Å². The van der Waals surface area contributed by atoms with Crippen molar-refractivity contribution in [3.05, 3.63) is 0 Å². The molecule has 0 saturated heterocycles. The first kappa shape index (κ1) is 11.7. The van der Waals surface area contributed by atoms with Crippen LogP contribution in [-0.4, -0.2) is 25.3 Å². The zero-order valence-corrected chi connectivity index (χ0v) is 7.61. The van der Waals surface area contributed by atoms with Crippen molar-refractivity contribution in [2.75, 3.05) is 13.2 Å². The van der Waals surface area contributed by atoms with Crippen molar-refractivity contribution in [1.82, 2.24) is 0 Å². The summed E-state index contributed by atoms with van der Waals surface area (Å²) in [6, 6.07) is 0. The molecule has 0 fully saturated rings. The van der Waals surface area contributed by atoms with Crippen LogP contribution >= 0.6 is 0 Å². The molecule has 0 spiro atoms. The largest absolute Gasteiger partial charge is 0.463 e. The van der Waals surface area contributed by atoms with E-state index in [9.17, 15) is 9.59 Å². The van der Waals surface area contributed by atoms with Gasteiger partial charge in [0.05, 0.1) is 5.92 Å². The topological polar surface area (TPSA) is 87.8 Å². The molecule has 0 aliphatic rings. The van der Waals surface area contributed by atoms with Crippen molar-refractivity contribution in [2.45, 2.75) is 13.8 Å². The standard InChI is InChI=1S/C7H13NO5/c1-5(2)6(9)11-3-4-12-13-7(8)10/h5H,3-4H2,1-2H3,(H2,8,10). The van der Waals surface area contributed by atoms with Gasteiger partial charge in [-0.25, -0.2) is 4.79 Å². The molecule has 76 valence electrons. The van der Waals surface area contributed by atoms with E-state index in [0.29, 0.717) is 0 Å². The first-order valence-corrected chi connectivity index (χ1v) is 3.79. The Morgan fingerprint density at radius 2 is 1.92 bits per heavy atom. The monoisotopic (exact) mass is 191 g/mol. The van der Waals surface area contributed by atoms with Gasteiger partial charge in [0, 0.05) is 0 Å². The minimum atomic E-state index is -1.03. The van der Waals surface area contributed by atoms with Crippen molar-refractivity contribution < 1.29 is 24.1 Å². The van der Waals surface area contributed by atoms with Crippen LogP contribution in [0, 0.1) is 5.92 Å². The molecule has 1 amide bonds. The number of amides is 1. The number of nitrogens with two attached hydrogens (primary N) is 1. The Morgan fingerprint density at radius 1 is 1.31 bits per heavy atom. The summed E-state index contributed by atoms with van der Waals surface area (Å²) in [7, 11) is 0. The number of carbonyl (C=O) groups excluding carboxylic acids is 2. The zero-order chi connectivity index (χ0) is 10.3. The van der Waals surface area contributed by atoms with Crippen molar-refractivity contribution in [2.24, 2.45) is 11.7 Å². The average Bonchev–Trinajstić information content (AvgIpc) is 2.02. The van der Waals surface area contributed by atoms with Crippen molar-refractivity contribution >= 4 is 12.1 Å². The molecule has 0 saturated carbocycles. The molecule has 6 nitrogen and oxygen atoms in total. The highest BCUT2D eigenvalue weighted by molar-refractivity contribution is 5.71. The molecule has 0 aliphatic heterocycles. The van der Waals surface area contributed by atoms with Gasteiger partial charge in [-0.2, -0.15) is 4.89 Å². The highest BCUT2D eigenvalue weighted by Gasteiger charge is 2.07. The summed E-state index contributed by atoms with van der Waals surface area (Å²) in [4.78, 5) is 29.0. The molecule has 0 radical (unpaired) electrons. The second-order valence-electron chi connectivity index (χ2n) is 2.55. The van der Waals surface area contributed by atoms with E-state index in [1.807, 2.05) is 0 Å². The fourth-order valence-corrected chi connectivity index (χ4v) is 0.443. The van der Waals surface area contributed by atoms with Crippen molar-refractivity contribution in [1.29, 1.82) is 0 Å². The Morgan fingerprint density at radius 3 is 2.38 bits per heavy atom. The molecule has 6 heteroatoms. The maximum atomic E-state index is 10.8. The smallest absolute Gasteiger partial charge is 0.436 e. The van der Waals surface area contributed by atoms with E-state index >= 15 is 0 Å². The number of ether oxygens (including phenoxy) is 1. The number of primary amides is 1. The van der Waals surface area contributed by atoms with Crippen LogP contribution in [0.15, 0.2) is 0 Å². The van der Waals surface area contributed by atoms with E-state index in [0.717, 1.165) is 0 Å². The van der Waals surface area contributed by atoms with Crippen LogP contribution < -0.4 is 5.73 Å². The second-order valence-corrected chi connectivity index (χ2v) is 2.55. The number of hydrogen-bond acceptors (Lipinski definition) is 5. The van der Waals surface area contributed by atoms with Crippen LogP contribution in [0.4, 0.5) is 4.79 Å². The van der Waals surface area contributed by atoms with Gasteiger partial charge in [0.1, 0.15) is 13.2 Å². The van der Waals surface area contributed by atoms with E-state index < -0.39 is 6.09 Å². The molecule has 2 N–H and O–H groups in total. The van der Waals surface area contributed by atoms with Gasteiger partial charge in [-0.3, -0.25) is 9.68 Å². The van der Waals surface area contributed by atoms with Crippen molar-refractivity contribution in [3.63, 3.8) is 0 Å². The molecule has 0 heterocycles. The van der Waals surface area contributed by atoms with Gasteiger partial charge >= 0.3 is 12.1 Å². The van der Waals surface area contributed by atoms with Crippen LogP contribution in [0.25, 0.3) is 0 Å². The van der Waals surface area contributed by atoms with Gasteiger partial charge in [-0.1, -0.05) is 13.8 Å². The first-order valence-electron chi connectivity index (χ1n) is 3.79. The Kier molecular flexibility index (Phi) is 5.62. The minimum Gasteiger partial charge on any atom is -0.463 e. The zero-order valence-electron chi connectivity index (χ0n) is 7.61. The molecule has 0 rings (SSSR count). The molecular weight excluding hydrogens is 178 g/mol. The molecule has 0 aliphatic carbocycles. The molecule has 0 unspecified atom stereocenters. The fourth-order valence-electron chi connectivity index (χ4n) is 0.443. The SMILES string of the molecule is CC(C)C(=O)OCCOOC(N)=O. The third-order valence-electron chi connectivity index (χ3n) is 1.02. The fraction of sp³-hybridized carbons (Fsp3) is 0.714. The van der Waals surface area contributed by atoms with Crippen LogP contribution in [0.3, 0.4) is 0 Å². The van der Waals surface area contributed by atoms with Gasteiger partial charge in [0.25, 0.3) is 0 Å². The molecule has 0 atom stereocenters. The normalized spacial score (nSPS) is 9.77. The summed E-state index contributed by atoms with van der Waals surface area (Å²) in [6.07, 6.45) is -1.03. The molecule has 0 aromatic heterocycles. The number of esters is 1. The van der Waals surface area contributed by atoms with Crippen LogP contribution in [-0.2, 0) is 19.3 Å². The maximum Gasteiger partial charge on any atom is 0.436 e. The summed E-state index contributed by atoms with van der Waals surface area (Å²) in [5.74, 6) is -0.514. The Balaban J connectivity index is 3.26. The molecule has 0 aromatic rings. The number of carbonyl (C=O) groups is 2. The number of hydrogen-bond donors (Lipinski definition) is 1. The maximum absolute atomic E-state index is 10.8.